The summed E-state index contributed by atoms with van der Waals surface area (Å²) in [6.45, 7) is 5.30. The van der Waals surface area contributed by atoms with Crippen molar-refractivity contribution in [3.05, 3.63) is 29.8 Å². The predicted octanol–water partition coefficient (Wildman–Crippen LogP) is 1.60. The third-order valence-corrected chi connectivity index (χ3v) is 4.02. The first-order valence-electron chi connectivity index (χ1n) is 8.54. The average Bonchev–Trinajstić information content (AvgIpc) is 2.95. The molecule has 1 aromatic rings. The van der Waals surface area contributed by atoms with Crippen LogP contribution >= 0.6 is 0 Å². The molecule has 2 N–H and O–H groups in total. The quantitative estimate of drug-likeness (QED) is 0.734. The standard InChI is InChI=1S/C18H25N3O4/c1-3-25-17(23)8-9-19-18(24)20-11-14-10-16(22)21(12-14)15-6-4-13(2)5-7-15/h4-7,14H,3,8-12H2,1-2H3,(H2,19,20,24). The number of esters is 1. The maximum absolute atomic E-state index is 12.2. The number of carbonyl (C=O) groups is 3. The van der Waals surface area contributed by atoms with Crippen molar-refractivity contribution in [3.8, 4) is 0 Å². The van der Waals surface area contributed by atoms with E-state index in [1.54, 1.807) is 11.8 Å². The molecule has 0 radical (unpaired) electrons. The number of aryl methyl sites for hydroxylation is 1. The molecule has 0 saturated carbocycles. The van der Waals surface area contributed by atoms with Crippen molar-refractivity contribution in [2.45, 2.75) is 26.7 Å². The molecule has 0 aromatic heterocycles. The van der Waals surface area contributed by atoms with Crippen LogP contribution < -0.4 is 15.5 Å². The van der Waals surface area contributed by atoms with E-state index in [9.17, 15) is 14.4 Å². The lowest BCUT2D eigenvalue weighted by atomic mass is 10.1. The molecule has 3 amide bonds. The summed E-state index contributed by atoms with van der Waals surface area (Å²) in [7, 11) is 0. The summed E-state index contributed by atoms with van der Waals surface area (Å²) in [6.07, 6.45) is 0.557. The topological polar surface area (TPSA) is 87.7 Å². The van der Waals surface area contributed by atoms with Gasteiger partial charge in [0.25, 0.3) is 0 Å². The SMILES string of the molecule is CCOC(=O)CCNC(=O)NCC1CC(=O)N(c2ccc(C)cc2)C1. The third-order valence-electron chi connectivity index (χ3n) is 4.02. The number of hydrogen-bond donors (Lipinski definition) is 2. The number of amides is 3. The molecule has 1 heterocycles. The fourth-order valence-electron chi connectivity index (χ4n) is 2.70. The van der Waals surface area contributed by atoms with E-state index in [1.807, 2.05) is 31.2 Å². The maximum atomic E-state index is 12.2. The fourth-order valence-corrected chi connectivity index (χ4v) is 2.70. The van der Waals surface area contributed by atoms with Gasteiger partial charge in [0.1, 0.15) is 0 Å². The highest BCUT2D eigenvalue weighted by molar-refractivity contribution is 5.95. The molecule has 7 nitrogen and oxygen atoms in total. The first-order chi connectivity index (χ1) is 12.0. The van der Waals surface area contributed by atoms with Crippen molar-refractivity contribution in [2.24, 2.45) is 5.92 Å². The van der Waals surface area contributed by atoms with E-state index in [-0.39, 0.29) is 36.8 Å². The smallest absolute Gasteiger partial charge is 0.314 e. The molecule has 136 valence electrons. The van der Waals surface area contributed by atoms with Crippen molar-refractivity contribution in [1.82, 2.24) is 10.6 Å². The number of hydrogen-bond acceptors (Lipinski definition) is 4. The van der Waals surface area contributed by atoms with Gasteiger partial charge in [-0.15, -0.1) is 0 Å². The maximum Gasteiger partial charge on any atom is 0.314 e. The van der Waals surface area contributed by atoms with Gasteiger partial charge in [-0.05, 0) is 26.0 Å². The summed E-state index contributed by atoms with van der Waals surface area (Å²) < 4.78 is 4.78. The van der Waals surface area contributed by atoms with Gasteiger partial charge < -0.3 is 20.3 Å². The monoisotopic (exact) mass is 347 g/mol. The van der Waals surface area contributed by atoms with Gasteiger partial charge in [-0.1, -0.05) is 17.7 Å². The molecule has 7 heteroatoms. The molecule has 1 saturated heterocycles. The zero-order valence-corrected chi connectivity index (χ0v) is 14.7. The van der Waals surface area contributed by atoms with Crippen LogP contribution in [0.1, 0.15) is 25.3 Å². The predicted molar refractivity (Wildman–Crippen MR) is 94.3 cm³/mol. The van der Waals surface area contributed by atoms with Crippen LogP contribution in [0.3, 0.4) is 0 Å². The Morgan fingerprint density at radius 1 is 1.24 bits per heavy atom. The Labute approximate surface area is 147 Å². The Kier molecular flexibility index (Phi) is 6.80. The molecule has 2 rings (SSSR count). The molecule has 1 aromatic carbocycles. The van der Waals surface area contributed by atoms with Gasteiger partial charge in [0.05, 0.1) is 13.0 Å². The van der Waals surface area contributed by atoms with Crippen LogP contribution in [0.25, 0.3) is 0 Å². The van der Waals surface area contributed by atoms with Crippen LogP contribution in [-0.4, -0.2) is 44.1 Å². The van der Waals surface area contributed by atoms with E-state index in [4.69, 9.17) is 4.74 Å². The molecule has 0 bridgehead atoms. The van der Waals surface area contributed by atoms with Gasteiger partial charge in [0.15, 0.2) is 0 Å². The minimum absolute atomic E-state index is 0.0679. The molecular formula is C18H25N3O4. The first-order valence-corrected chi connectivity index (χ1v) is 8.54. The Bertz CT molecular complexity index is 615. The highest BCUT2D eigenvalue weighted by atomic mass is 16.5. The van der Waals surface area contributed by atoms with E-state index in [1.165, 1.54) is 0 Å². The van der Waals surface area contributed by atoms with Crippen molar-refractivity contribution in [1.29, 1.82) is 0 Å². The number of anilines is 1. The van der Waals surface area contributed by atoms with Gasteiger partial charge in [-0.2, -0.15) is 0 Å². The van der Waals surface area contributed by atoms with Crippen LogP contribution in [0, 0.1) is 12.8 Å². The van der Waals surface area contributed by atoms with E-state index in [0.29, 0.717) is 26.1 Å². The van der Waals surface area contributed by atoms with E-state index in [0.717, 1.165) is 11.3 Å². The summed E-state index contributed by atoms with van der Waals surface area (Å²) >= 11 is 0. The minimum Gasteiger partial charge on any atom is -0.466 e. The Hall–Kier alpha value is -2.57. The number of rotatable bonds is 7. The lowest BCUT2D eigenvalue weighted by molar-refractivity contribution is -0.142. The van der Waals surface area contributed by atoms with Crippen LogP contribution in [0.5, 0.6) is 0 Å². The second kappa shape index (κ2) is 9.05. The van der Waals surface area contributed by atoms with Gasteiger partial charge in [-0.3, -0.25) is 9.59 Å². The average molecular weight is 347 g/mol. The van der Waals surface area contributed by atoms with Crippen LogP contribution in [0.4, 0.5) is 10.5 Å². The van der Waals surface area contributed by atoms with Crippen molar-refractivity contribution >= 4 is 23.6 Å². The van der Waals surface area contributed by atoms with Crippen LogP contribution in [-0.2, 0) is 14.3 Å². The molecule has 1 unspecified atom stereocenters. The molecule has 1 aliphatic heterocycles. The second-order valence-electron chi connectivity index (χ2n) is 6.10. The first kappa shape index (κ1) is 18.8. The van der Waals surface area contributed by atoms with Gasteiger partial charge in [-0.25, -0.2) is 4.79 Å². The van der Waals surface area contributed by atoms with Crippen molar-refractivity contribution < 1.29 is 19.1 Å². The van der Waals surface area contributed by atoms with Crippen molar-refractivity contribution in [2.75, 3.05) is 31.1 Å². The van der Waals surface area contributed by atoms with Gasteiger partial charge in [0.2, 0.25) is 5.91 Å². The molecule has 1 atom stereocenters. The Morgan fingerprint density at radius 2 is 1.96 bits per heavy atom. The fraction of sp³-hybridized carbons (Fsp3) is 0.500. The Morgan fingerprint density at radius 3 is 2.64 bits per heavy atom. The summed E-state index contributed by atoms with van der Waals surface area (Å²) in [4.78, 5) is 36.8. The molecule has 0 spiro atoms. The number of nitrogens with one attached hydrogen (secondary N) is 2. The second-order valence-corrected chi connectivity index (χ2v) is 6.10. The number of ether oxygens (including phenoxy) is 1. The molecule has 1 fully saturated rings. The van der Waals surface area contributed by atoms with Crippen LogP contribution in [0.15, 0.2) is 24.3 Å². The third kappa shape index (κ3) is 5.77. The summed E-state index contributed by atoms with van der Waals surface area (Å²) in [5.41, 5.74) is 2.03. The van der Waals surface area contributed by atoms with E-state index >= 15 is 0 Å². The van der Waals surface area contributed by atoms with E-state index < -0.39 is 0 Å². The zero-order valence-electron chi connectivity index (χ0n) is 14.7. The largest absolute Gasteiger partial charge is 0.466 e. The zero-order chi connectivity index (χ0) is 18.2. The molecular weight excluding hydrogens is 322 g/mol. The number of urea groups is 1. The van der Waals surface area contributed by atoms with Gasteiger partial charge >= 0.3 is 12.0 Å². The molecule has 25 heavy (non-hydrogen) atoms. The molecule has 0 aliphatic carbocycles. The summed E-state index contributed by atoms with van der Waals surface area (Å²) in [5, 5.41) is 5.36. The normalized spacial score (nSPS) is 16.6. The summed E-state index contributed by atoms with van der Waals surface area (Å²) in [5.74, 6) is -0.194. The highest BCUT2D eigenvalue weighted by Crippen LogP contribution is 2.24. The minimum atomic E-state index is -0.342. The number of carbonyl (C=O) groups excluding carboxylic acids is 3. The van der Waals surface area contributed by atoms with E-state index in [2.05, 4.69) is 10.6 Å². The number of benzene rings is 1. The van der Waals surface area contributed by atoms with Gasteiger partial charge in [0, 0.05) is 37.7 Å². The lowest BCUT2D eigenvalue weighted by Gasteiger charge is -2.17. The Balaban J connectivity index is 1.71. The number of nitrogens with zero attached hydrogens (tertiary/aromatic N) is 1. The summed E-state index contributed by atoms with van der Waals surface area (Å²) in [6, 6.07) is 7.48. The van der Waals surface area contributed by atoms with Crippen molar-refractivity contribution in [3.63, 3.8) is 0 Å². The molecule has 1 aliphatic rings. The highest BCUT2D eigenvalue weighted by Gasteiger charge is 2.30. The lowest BCUT2D eigenvalue weighted by Crippen LogP contribution is -2.39. The van der Waals surface area contributed by atoms with Crippen LogP contribution in [0.2, 0.25) is 0 Å².